The summed E-state index contributed by atoms with van der Waals surface area (Å²) in [5.41, 5.74) is 0.566. The molecule has 0 saturated carbocycles. The zero-order chi connectivity index (χ0) is 19.4. The summed E-state index contributed by atoms with van der Waals surface area (Å²) in [4.78, 5) is 22.4. The summed E-state index contributed by atoms with van der Waals surface area (Å²) in [5.74, 6) is 0.155. The Hall–Kier alpha value is -2.91. The molecule has 0 bridgehead atoms. The van der Waals surface area contributed by atoms with Crippen molar-refractivity contribution < 1.29 is 14.5 Å². The molecule has 27 heavy (non-hydrogen) atoms. The van der Waals surface area contributed by atoms with E-state index in [1.54, 1.807) is 30.5 Å². The first-order chi connectivity index (χ1) is 12.9. The first kappa shape index (κ1) is 18.9. The SMILES string of the molecule is O=C(Nc1ccc([N+](=O)[O-])cc1)c1ccn(COc2ccc(Cl)cc2Br)n1. The van der Waals surface area contributed by atoms with Crippen molar-refractivity contribution in [2.24, 2.45) is 0 Å². The van der Waals surface area contributed by atoms with E-state index in [2.05, 4.69) is 26.3 Å². The van der Waals surface area contributed by atoms with Crippen LogP contribution >= 0.6 is 27.5 Å². The second-order valence-corrected chi connectivity index (χ2v) is 6.64. The van der Waals surface area contributed by atoms with E-state index in [4.69, 9.17) is 16.3 Å². The number of rotatable bonds is 6. The molecule has 10 heteroatoms. The highest BCUT2D eigenvalue weighted by Crippen LogP contribution is 2.28. The lowest BCUT2D eigenvalue weighted by Crippen LogP contribution is -2.14. The Morgan fingerprint density at radius 1 is 1.26 bits per heavy atom. The van der Waals surface area contributed by atoms with Crippen molar-refractivity contribution in [1.82, 2.24) is 9.78 Å². The Kier molecular flexibility index (Phi) is 5.72. The maximum Gasteiger partial charge on any atom is 0.276 e. The van der Waals surface area contributed by atoms with Gasteiger partial charge in [0, 0.05) is 29.0 Å². The van der Waals surface area contributed by atoms with Gasteiger partial charge in [0.25, 0.3) is 11.6 Å². The highest BCUT2D eigenvalue weighted by atomic mass is 79.9. The summed E-state index contributed by atoms with van der Waals surface area (Å²) in [6, 6.07) is 12.2. The van der Waals surface area contributed by atoms with Crippen LogP contribution in [0.1, 0.15) is 10.5 Å². The summed E-state index contributed by atoms with van der Waals surface area (Å²) in [6.07, 6.45) is 1.61. The predicted octanol–water partition coefficient (Wildman–Crippen LogP) is 4.50. The molecule has 0 radical (unpaired) electrons. The molecule has 0 atom stereocenters. The number of aromatic nitrogens is 2. The van der Waals surface area contributed by atoms with Crippen LogP contribution in [0.5, 0.6) is 5.75 Å². The van der Waals surface area contributed by atoms with Gasteiger partial charge >= 0.3 is 0 Å². The molecular weight excluding hydrogens is 440 g/mol. The Morgan fingerprint density at radius 2 is 2.00 bits per heavy atom. The number of amides is 1. The minimum atomic E-state index is -0.508. The summed E-state index contributed by atoms with van der Waals surface area (Å²) in [5, 5.41) is 18.0. The molecule has 1 amide bonds. The van der Waals surface area contributed by atoms with Crippen LogP contribution in [0.25, 0.3) is 0 Å². The summed E-state index contributed by atoms with van der Waals surface area (Å²) < 4.78 is 7.80. The lowest BCUT2D eigenvalue weighted by atomic mass is 10.3. The van der Waals surface area contributed by atoms with Crippen molar-refractivity contribution in [2.45, 2.75) is 6.73 Å². The van der Waals surface area contributed by atoms with Crippen LogP contribution in [-0.2, 0) is 6.73 Å². The number of benzene rings is 2. The van der Waals surface area contributed by atoms with Crippen molar-refractivity contribution in [1.29, 1.82) is 0 Å². The van der Waals surface area contributed by atoms with Gasteiger partial charge in [-0.15, -0.1) is 0 Å². The van der Waals surface area contributed by atoms with E-state index in [9.17, 15) is 14.9 Å². The van der Waals surface area contributed by atoms with Crippen molar-refractivity contribution in [3.8, 4) is 5.75 Å². The lowest BCUT2D eigenvalue weighted by molar-refractivity contribution is -0.384. The number of anilines is 1. The minimum Gasteiger partial charge on any atom is -0.470 e. The van der Waals surface area contributed by atoms with E-state index in [0.717, 1.165) is 0 Å². The summed E-state index contributed by atoms with van der Waals surface area (Å²) in [6.45, 7) is 0.102. The number of ether oxygens (including phenoxy) is 1. The van der Waals surface area contributed by atoms with E-state index in [1.807, 2.05) is 0 Å². The highest BCUT2D eigenvalue weighted by molar-refractivity contribution is 9.10. The molecular formula is C17H12BrClN4O4. The van der Waals surface area contributed by atoms with E-state index < -0.39 is 10.8 Å². The number of carbonyl (C=O) groups excluding carboxylic acids is 1. The van der Waals surface area contributed by atoms with Gasteiger partial charge in [-0.3, -0.25) is 14.9 Å². The minimum absolute atomic E-state index is 0.0530. The zero-order valence-electron chi connectivity index (χ0n) is 13.6. The van der Waals surface area contributed by atoms with Gasteiger partial charge in [-0.2, -0.15) is 5.10 Å². The largest absolute Gasteiger partial charge is 0.470 e. The molecule has 3 aromatic rings. The van der Waals surface area contributed by atoms with Crippen LogP contribution in [0.15, 0.2) is 59.2 Å². The van der Waals surface area contributed by atoms with Crippen LogP contribution < -0.4 is 10.1 Å². The summed E-state index contributed by atoms with van der Waals surface area (Å²) in [7, 11) is 0. The van der Waals surface area contributed by atoms with Crippen LogP contribution in [0.3, 0.4) is 0 Å². The fraction of sp³-hybridized carbons (Fsp3) is 0.0588. The van der Waals surface area contributed by atoms with Gasteiger partial charge in [0.15, 0.2) is 12.4 Å². The number of nitro benzene ring substituents is 1. The number of hydrogen-bond donors (Lipinski definition) is 1. The van der Waals surface area contributed by atoms with Gasteiger partial charge < -0.3 is 10.1 Å². The third-order valence-electron chi connectivity index (χ3n) is 3.46. The van der Waals surface area contributed by atoms with Crippen molar-refractivity contribution in [3.63, 3.8) is 0 Å². The number of hydrogen-bond acceptors (Lipinski definition) is 5. The molecule has 1 N–H and O–H groups in total. The number of halogens is 2. The standard InChI is InChI=1S/C17H12BrClN4O4/c18-14-9-11(19)1-6-16(14)27-10-22-8-7-15(21-22)17(24)20-12-2-4-13(5-3-12)23(25)26/h1-9H,10H2,(H,20,24). The third kappa shape index (κ3) is 4.83. The second kappa shape index (κ2) is 8.19. The average molecular weight is 452 g/mol. The number of carbonyl (C=O) groups is 1. The molecule has 0 saturated heterocycles. The van der Waals surface area contributed by atoms with Gasteiger partial charge in [-0.05, 0) is 52.3 Å². The van der Waals surface area contributed by atoms with Gasteiger partial charge in [0.1, 0.15) is 5.75 Å². The molecule has 2 aromatic carbocycles. The van der Waals surface area contributed by atoms with E-state index in [0.29, 0.717) is 20.9 Å². The van der Waals surface area contributed by atoms with Gasteiger partial charge in [-0.1, -0.05) is 11.6 Å². The maximum atomic E-state index is 12.2. The van der Waals surface area contributed by atoms with Crippen molar-refractivity contribution >= 4 is 44.8 Å². The molecule has 3 rings (SSSR count). The topological polar surface area (TPSA) is 99.3 Å². The van der Waals surface area contributed by atoms with E-state index >= 15 is 0 Å². The molecule has 0 aliphatic rings. The fourth-order valence-electron chi connectivity index (χ4n) is 2.14. The maximum absolute atomic E-state index is 12.2. The molecule has 8 nitrogen and oxygen atoms in total. The number of nitrogens with zero attached hydrogens (tertiary/aromatic N) is 3. The molecule has 0 aliphatic carbocycles. The van der Waals surface area contributed by atoms with Gasteiger partial charge in [0.2, 0.25) is 0 Å². The van der Waals surface area contributed by atoms with Crippen LogP contribution in [-0.4, -0.2) is 20.6 Å². The number of nitro groups is 1. The monoisotopic (exact) mass is 450 g/mol. The first-order valence-electron chi connectivity index (χ1n) is 7.59. The first-order valence-corrected chi connectivity index (χ1v) is 8.76. The van der Waals surface area contributed by atoms with Crippen molar-refractivity contribution in [2.75, 3.05) is 5.32 Å². The van der Waals surface area contributed by atoms with E-state index in [-0.39, 0.29) is 18.1 Å². The van der Waals surface area contributed by atoms with E-state index in [1.165, 1.54) is 28.9 Å². The normalized spacial score (nSPS) is 10.4. The number of nitrogens with one attached hydrogen (secondary N) is 1. The molecule has 0 unspecified atom stereocenters. The van der Waals surface area contributed by atoms with Crippen LogP contribution in [0.2, 0.25) is 5.02 Å². The summed E-state index contributed by atoms with van der Waals surface area (Å²) >= 11 is 9.24. The molecule has 0 spiro atoms. The predicted molar refractivity (Wildman–Crippen MR) is 103 cm³/mol. The smallest absolute Gasteiger partial charge is 0.276 e. The Bertz CT molecular complexity index is 991. The molecule has 1 aromatic heterocycles. The average Bonchev–Trinajstić information content (AvgIpc) is 3.10. The third-order valence-corrected chi connectivity index (χ3v) is 4.31. The van der Waals surface area contributed by atoms with Crippen LogP contribution in [0.4, 0.5) is 11.4 Å². The zero-order valence-corrected chi connectivity index (χ0v) is 16.0. The second-order valence-electron chi connectivity index (χ2n) is 5.35. The Morgan fingerprint density at radius 3 is 2.67 bits per heavy atom. The van der Waals surface area contributed by atoms with Gasteiger partial charge in [-0.25, -0.2) is 4.68 Å². The molecule has 0 fully saturated rings. The Labute approximate surface area is 167 Å². The molecule has 0 aliphatic heterocycles. The highest BCUT2D eigenvalue weighted by Gasteiger charge is 2.12. The molecule has 138 valence electrons. The Balaban J connectivity index is 1.61. The van der Waals surface area contributed by atoms with Crippen LogP contribution in [0, 0.1) is 10.1 Å². The molecule has 1 heterocycles. The lowest BCUT2D eigenvalue weighted by Gasteiger charge is -2.08. The fourth-order valence-corrected chi connectivity index (χ4v) is 2.94. The van der Waals surface area contributed by atoms with Gasteiger partial charge in [0.05, 0.1) is 9.40 Å². The van der Waals surface area contributed by atoms with Crippen molar-refractivity contribution in [3.05, 3.63) is 80.0 Å². The number of non-ortho nitro benzene ring substituents is 1. The quantitative estimate of drug-likeness (QED) is 0.439.